The maximum atomic E-state index is 2.45. The minimum absolute atomic E-state index is 0.480. The molecule has 0 saturated heterocycles. The third kappa shape index (κ3) is 1.07. The number of aromatic nitrogens is 1. The molecule has 0 atom stereocenters. The Morgan fingerprint density at radius 1 is 0.722 bits per heavy atom. The van der Waals surface area contributed by atoms with Crippen molar-refractivity contribution in [3.8, 4) is 0 Å². The lowest BCUT2D eigenvalue weighted by Gasteiger charge is -2.11. The van der Waals surface area contributed by atoms with Crippen LogP contribution in [0.25, 0.3) is 32.6 Å². The fourth-order valence-electron chi connectivity index (χ4n) is 3.20. The van der Waals surface area contributed by atoms with Crippen LogP contribution >= 0.6 is 0 Å². The van der Waals surface area contributed by atoms with Gasteiger partial charge in [0.2, 0.25) is 0 Å². The molecule has 4 aromatic rings. The van der Waals surface area contributed by atoms with Crippen LogP contribution in [0.4, 0.5) is 0 Å². The molecule has 0 spiro atoms. The van der Waals surface area contributed by atoms with Crippen LogP contribution in [0.1, 0.15) is 19.9 Å². The first-order valence-electron chi connectivity index (χ1n) is 6.51. The Bertz CT molecular complexity index is 784. The van der Waals surface area contributed by atoms with Gasteiger partial charge in [-0.15, -0.1) is 0 Å². The van der Waals surface area contributed by atoms with Crippen molar-refractivity contribution in [2.45, 2.75) is 19.9 Å². The van der Waals surface area contributed by atoms with E-state index in [1.807, 2.05) is 0 Å². The van der Waals surface area contributed by atoms with Gasteiger partial charge in [-0.05, 0) is 36.8 Å². The van der Waals surface area contributed by atoms with Crippen molar-refractivity contribution >= 4 is 32.6 Å². The van der Waals surface area contributed by atoms with E-state index in [-0.39, 0.29) is 0 Å². The Kier molecular flexibility index (Phi) is 1.80. The highest BCUT2D eigenvalue weighted by molar-refractivity contribution is 6.23. The zero-order valence-electron chi connectivity index (χ0n) is 10.6. The fraction of sp³-hybridized carbons (Fsp3) is 0.176. The van der Waals surface area contributed by atoms with E-state index >= 15 is 0 Å². The van der Waals surface area contributed by atoms with E-state index in [0.29, 0.717) is 6.04 Å². The first-order chi connectivity index (χ1) is 8.77. The summed E-state index contributed by atoms with van der Waals surface area (Å²) in [7, 11) is 0. The molecule has 0 saturated carbocycles. The largest absolute Gasteiger partial charge is 0.338 e. The number of rotatable bonds is 1. The van der Waals surface area contributed by atoms with Crippen molar-refractivity contribution in [2.24, 2.45) is 0 Å². The van der Waals surface area contributed by atoms with Crippen LogP contribution in [0.3, 0.4) is 0 Å². The Balaban J connectivity index is 2.44. The van der Waals surface area contributed by atoms with Crippen molar-refractivity contribution in [2.75, 3.05) is 0 Å². The second kappa shape index (κ2) is 3.26. The van der Waals surface area contributed by atoms with Gasteiger partial charge in [-0.1, -0.05) is 36.4 Å². The van der Waals surface area contributed by atoms with Gasteiger partial charge in [0.05, 0.1) is 0 Å². The quantitative estimate of drug-likeness (QED) is 0.409. The molecule has 1 heteroatoms. The average molecular weight is 233 g/mol. The zero-order chi connectivity index (χ0) is 12.3. The van der Waals surface area contributed by atoms with Gasteiger partial charge >= 0.3 is 0 Å². The Labute approximate surface area is 106 Å². The third-order valence-electron chi connectivity index (χ3n) is 3.88. The molecule has 18 heavy (non-hydrogen) atoms. The van der Waals surface area contributed by atoms with Crippen LogP contribution < -0.4 is 0 Å². The van der Waals surface area contributed by atoms with Gasteiger partial charge < -0.3 is 4.57 Å². The average Bonchev–Trinajstić information content (AvgIpc) is 2.72. The molecule has 0 fully saturated rings. The summed E-state index contributed by atoms with van der Waals surface area (Å²) < 4.78 is 2.45. The lowest BCUT2D eigenvalue weighted by Crippen LogP contribution is -1.99. The van der Waals surface area contributed by atoms with Gasteiger partial charge in [0.1, 0.15) is 0 Å². The second-order valence-corrected chi connectivity index (χ2v) is 5.28. The lowest BCUT2D eigenvalue weighted by atomic mass is 10.0. The van der Waals surface area contributed by atoms with Gasteiger partial charge in [0.15, 0.2) is 0 Å². The van der Waals surface area contributed by atoms with E-state index in [0.717, 1.165) is 0 Å². The van der Waals surface area contributed by atoms with Gasteiger partial charge in [-0.3, -0.25) is 0 Å². The fourth-order valence-corrected chi connectivity index (χ4v) is 3.20. The summed E-state index contributed by atoms with van der Waals surface area (Å²) in [5.41, 5.74) is 2.71. The smallest absolute Gasteiger partial charge is 0.0500 e. The molecule has 3 aromatic carbocycles. The topological polar surface area (TPSA) is 4.93 Å². The van der Waals surface area contributed by atoms with Crippen molar-refractivity contribution in [1.29, 1.82) is 0 Å². The molecule has 0 unspecified atom stereocenters. The van der Waals surface area contributed by atoms with E-state index < -0.39 is 0 Å². The van der Waals surface area contributed by atoms with Gasteiger partial charge in [0.25, 0.3) is 0 Å². The summed E-state index contributed by atoms with van der Waals surface area (Å²) in [6.45, 7) is 4.51. The zero-order valence-corrected chi connectivity index (χ0v) is 10.6. The van der Waals surface area contributed by atoms with E-state index in [1.165, 1.54) is 32.6 Å². The number of hydrogen-bond donors (Lipinski definition) is 0. The van der Waals surface area contributed by atoms with E-state index in [2.05, 4.69) is 66.9 Å². The maximum Gasteiger partial charge on any atom is 0.0500 e. The van der Waals surface area contributed by atoms with E-state index in [1.54, 1.807) is 0 Å². The summed E-state index contributed by atoms with van der Waals surface area (Å²) in [6, 6.07) is 18.1. The van der Waals surface area contributed by atoms with E-state index in [9.17, 15) is 0 Å². The first-order valence-corrected chi connectivity index (χ1v) is 6.51. The van der Waals surface area contributed by atoms with Crippen LogP contribution in [-0.4, -0.2) is 4.57 Å². The molecule has 1 heterocycles. The van der Waals surface area contributed by atoms with Crippen molar-refractivity contribution < 1.29 is 0 Å². The standard InChI is InChI=1S/C17H15N/c1-11(2)18-14-7-3-5-12-9-10-13-6-4-8-15(18)17(13)16(12)14/h3-11H,1-2H3. The van der Waals surface area contributed by atoms with Crippen LogP contribution in [0, 0.1) is 0 Å². The molecule has 0 amide bonds. The molecule has 0 aliphatic rings. The summed E-state index contributed by atoms with van der Waals surface area (Å²) in [4.78, 5) is 0. The summed E-state index contributed by atoms with van der Waals surface area (Å²) in [5, 5.41) is 5.52. The van der Waals surface area contributed by atoms with Gasteiger partial charge in [-0.25, -0.2) is 0 Å². The molecular formula is C17H15N. The third-order valence-corrected chi connectivity index (χ3v) is 3.88. The molecule has 0 bridgehead atoms. The Morgan fingerprint density at radius 3 is 1.67 bits per heavy atom. The molecule has 1 aromatic heterocycles. The van der Waals surface area contributed by atoms with Crippen LogP contribution in [0.2, 0.25) is 0 Å². The first kappa shape index (κ1) is 9.95. The normalized spacial score (nSPS) is 12.4. The summed E-state index contributed by atoms with van der Waals surface area (Å²) >= 11 is 0. The molecule has 0 N–H and O–H groups in total. The highest BCUT2D eigenvalue weighted by Gasteiger charge is 2.15. The van der Waals surface area contributed by atoms with Crippen molar-refractivity contribution in [3.05, 3.63) is 48.5 Å². The Morgan fingerprint density at radius 2 is 1.22 bits per heavy atom. The van der Waals surface area contributed by atoms with Crippen molar-refractivity contribution in [1.82, 2.24) is 4.57 Å². The molecule has 0 aliphatic carbocycles. The number of benzene rings is 3. The summed E-state index contributed by atoms with van der Waals surface area (Å²) in [5.74, 6) is 0. The molecule has 0 radical (unpaired) electrons. The predicted molar refractivity (Wildman–Crippen MR) is 78.5 cm³/mol. The van der Waals surface area contributed by atoms with Crippen LogP contribution in [-0.2, 0) is 0 Å². The minimum Gasteiger partial charge on any atom is -0.338 e. The van der Waals surface area contributed by atoms with Crippen LogP contribution in [0.15, 0.2) is 48.5 Å². The maximum absolute atomic E-state index is 2.45. The lowest BCUT2D eigenvalue weighted by molar-refractivity contribution is 0.642. The predicted octanol–water partition coefficient (Wildman–Crippen LogP) is 4.97. The Hall–Kier alpha value is -2.02. The highest BCUT2D eigenvalue weighted by atomic mass is 15.0. The highest BCUT2D eigenvalue weighted by Crippen LogP contribution is 2.38. The second-order valence-electron chi connectivity index (χ2n) is 5.28. The van der Waals surface area contributed by atoms with Gasteiger partial charge in [-0.2, -0.15) is 0 Å². The molecular weight excluding hydrogens is 218 g/mol. The van der Waals surface area contributed by atoms with Gasteiger partial charge in [0, 0.05) is 27.8 Å². The van der Waals surface area contributed by atoms with E-state index in [4.69, 9.17) is 0 Å². The van der Waals surface area contributed by atoms with Crippen molar-refractivity contribution in [3.63, 3.8) is 0 Å². The SMILES string of the molecule is CC(C)n1c2cccc3ccc4cccc1c4c32. The minimum atomic E-state index is 0.480. The molecule has 4 rings (SSSR count). The molecule has 88 valence electrons. The summed E-state index contributed by atoms with van der Waals surface area (Å²) in [6.07, 6.45) is 0. The molecule has 1 nitrogen and oxygen atoms in total. The number of nitrogens with zero attached hydrogens (tertiary/aromatic N) is 1. The molecule has 0 aliphatic heterocycles. The number of hydrogen-bond acceptors (Lipinski definition) is 0. The van der Waals surface area contributed by atoms with Crippen LogP contribution in [0.5, 0.6) is 0 Å². The monoisotopic (exact) mass is 233 g/mol.